The van der Waals surface area contributed by atoms with Gasteiger partial charge in [-0.3, -0.25) is 4.79 Å². The van der Waals surface area contributed by atoms with E-state index in [9.17, 15) is 9.90 Å². The summed E-state index contributed by atoms with van der Waals surface area (Å²) in [5.41, 5.74) is 0.569. The Hall–Kier alpha value is -2.02. The number of rotatable bonds is 2. The molecule has 19 heavy (non-hydrogen) atoms. The topological polar surface area (TPSA) is 41.7 Å². The third-order valence-corrected chi connectivity index (χ3v) is 2.93. The predicted molar refractivity (Wildman–Crippen MR) is 74.3 cm³/mol. The van der Waals surface area contributed by atoms with Crippen molar-refractivity contribution in [2.45, 2.75) is 0 Å². The maximum atomic E-state index is 12.3. The molecule has 1 N–H and O–H groups in total. The molecule has 0 radical (unpaired) electrons. The van der Waals surface area contributed by atoms with E-state index in [2.05, 4.69) is 4.85 Å². The molecule has 0 saturated carbocycles. The number of carbonyl (C=O) groups is 1. The molecule has 0 spiro atoms. The van der Waals surface area contributed by atoms with Crippen LogP contribution < -0.4 is 0 Å². The van der Waals surface area contributed by atoms with Gasteiger partial charge in [0.2, 0.25) is 0 Å². The first kappa shape index (κ1) is 13.4. The molecule has 3 nitrogen and oxygen atoms in total. The smallest absolute Gasteiger partial charge is 0.195 e. The quantitative estimate of drug-likeness (QED) is 0.655. The van der Waals surface area contributed by atoms with Crippen LogP contribution in [-0.4, -0.2) is 10.9 Å². The van der Waals surface area contributed by atoms with Crippen molar-refractivity contribution in [3.05, 3.63) is 69.0 Å². The van der Waals surface area contributed by atoms with Gasteiger partial charge >= 0.3 is 0 Å². The Morgan fingerprint density at radius 2 is 1.84 bits per heavy atom. The molecule has 0 fully saturated rings. The molecule has 2 rings (SSSR count). The third-order valence-electron chi connectivity index (χ3n) is 2.48. The van der Waals surface area contributed by atoms with Gasteiger partial charge in [0.15, 0.2) is 11.5 Å². The average molecular weight is 292 g/mol. The van der Waals surface area contributed by atoms with Gasteiger partial charge < -0.3 is 5.11 Å². The van der Waals surface area contributed by atoms with Crippen LogP contribution in [0.15, 0.2) is 36.4 Å². The standard InChI is InChI=1S/C14H7Cl2NO2/c1-17-11-5-8(4-10(16)6-11)14(19)12-7-9(15)2-3-13(12)18/h2-7,18H. The third kappa shape index (κ3) is 2.87. The highest BCUT2D eigenvalue weighted by Crippen LogP contribution is 2.27. The Bertz CT molecular complexity index is 705. The molecule has 0 aliphatic carbocycles. The van der Waals surface area contributed by atoms with Crippen molar-refractivity contribution in [1.82, 2.24) is 0 Å². The first-order valence-electron chi connectivity index (χ1n) is 5.22. The van der Waals surface area contributed by atoms with E-state index >= 15 is 0 Å². The monoisotopic (exact) mass is 291 g/mol. The van der Waals surface area contributed by atoms with Gasteiger partial charge in [0.1, 0.15) is 5.75 Å². The lowest BCUT2D eigenvalue weighted by Crippen LogP contribution is -2.01. The molecule has 0 aliphatic heterocycles. The van der Waals surface area contributed by atoms with Crippen molar-refractivity contribution in [2.24, 2.45) is 0 Å². The number of phenolic OH excluding ortho intramolecular Hbond substituents is 1. The van der Waals surface area contributed by atoms with Crippen LogP contribution in [0.5, 0.6) is 5.75 Å². The van der Waals surface area contributed by atoms with Crippen molar-refractivity contribution in [3.63, 3.8) is 0 Å². The second kappa shape index (κ2) is 5.31. The van der Waals surface area contributed by atoms with E-state index in [4.69, 9.17) is 29.8 Å². The van der Waals surface area contributed by atoms with Crippen molar-refractivity contribution in [3.8, 4) is 5.75 Å². The summed E-state index contributed by atoms with van der Waals surface area (Å²) < 4.78 is 0. The number of phenols is 1. The maximum absolute atomic E-state index is 12.3. The molecule has 0 bridgehead atoms. The minimum atomic E-state index is -0.438. The highest BCUT2D eigenvalue weighted by molar-refractivity contribution is 6.32. The summed E-state index contributed by atoms with van der Waals surface area (Å²) in [6, 6.07) is 8.52. The van der Waals surface area contributed by atoms with E-state index in [1.165, 1.54) is 36.4 Å². The van der Waals surface area contributed by atoms with Gasteiger partial charge in [-0.1, -0.05) is 23.2 Å². The zero-order valence-electron chi connectivity index (χ0n) is 9.52. The zero-order valence-corrected chi connectivity index (χ0v) is 11.0. The van der Waals surface area contributed by atoms with E-state index in [-0.39, 0.29) is 22.6 Å². The number of nitrogens with zero attached hydrogens (tertiary/aromatic N) is 1. The Balaban J connectivity index is 2.53. The van der Waals surface area contributed by atoms with Gasteiger partial charge in [-0.2, -0.15) is 0 Å². The van der Waals surface area contributed by atoms with Gasteiger partial charge in [0.05, 0.1) is 12.1 Å². The summed E-state index contributed by atoms with van der Waals surface area (Å²) in [5, 5.41) is 10.3. The van der Waals surface area contributed by atoms with E-state index in [1.807, 2.05) is 0 Å². The van der Waals surface area contributed by atoms with E-state index < -0.39 is 5.78 Å². The molecule has 0 aromatic heterocycles. The van der Waals surface area contributed by atoms with E-state index in [1.54, 1.807) is 0 Å². The first-order valence-corrected chi connectivity index (χ1v) is 5.98. The number of carbonyl (C=O) groups excluding carboxylic acids is 1. The summed E-state index contributed by atoms with van der Waals surface area (Å²) in [7, 11) is 0. The lowest BCUT2D eigenvalue weighted by Gasteiger charge is -2.05. The second-order valence-electron chi connectivity index (χ2n) is 3.80. The van der Waals surface area contributed by atoms with Crippen LogP contribution in [-0.2, 0) is 0 Å². The highest BCUT2D eigenvalue weighted by atomic mass is 35.5. The van der Waals surface area contributed by atoms with Crippen molar-refractivity contribution < 1.29 is 9.90 Å². The molecule has 0 aliphatic rings. The fourth-order valence-corrected chi connectivity index (χ4v) is 2.02. The van der Waals surface area contributed by atoms with Gasteiger partial charge in [0.25, 0.3) is 0 Å². The van der Waals surface area contributed by atoms with Crippen molar-refractivity contribution in [2.75, 3.05) is 0 Å². The van der Waals surface area contributed by atoms with Crippen molar-refractivity contribution in [1.29, 1.82) is 0 Å². The summed E-state index contributed by atoms with van der Waals surface area (Å²) >= 11 is 11.6. The zero-order chi connectivity index (χ0) is 14.0. The summed E-state index contributed by atoms with van der Waals surface area (Å²) in [6.45, 7) is 6.94. The number of benzene rings is 2. The largest absolute Gasteiger partial charge is 0.507 e. The minimum absolute atomic E-state index is 0.0747. The molecule has 0 heterocycles. The number of aromatic hydroxyl groups is 1. The van der Waals surface area contributed by atoms with Gasteiger partial charge in [-0.05, 0) is 36.4 Å². The molecular weight excluding hydrogens is 285 g/mol. The highest BCUT2D eigenvalue weighted by Gasteiger charge is 2.15. The van der Waals surface area contributed by atoms with Gasteiger partial charge in [0, 0.05) is 15.6 Å². The molecule has 0 atom stereocenters. The summed E-state index contributed by atoms with van der Waals surface area (Å²) in [4.78, 5) is 15.5. The fourth-order valence-electron chi connectivity index (χ4n) is 1.62. The number of hydrogen-bond acceptors (Lipinski definition) is 2. The van der Waals surface area contributed by atoms with Crippen LogP contribution >= 0.6 is 23.2 Å². The molecule has 94 valence electrons. The fraction of sp³-hybridized carbons (Fsp3) is 0. The average Bonchev–Trinajstić information content (AvgIpc) is 2.40. The van der Waals surface area contributed by atoms with Gasteiger partial charge in [-0.15, -0.1) is 0 Å². The summed E-state index contributed by atoms with van der Waals surface area (Å²) in [5.74, 6) is -0.605. The van der Waals surface area contributed by atoms with Crippen LogP contribution in [0, 0.1) is 6.57 Å². The summed E-state index contributed by atoms with van der Waals surface area (Å²) in [6.07, 6.45) is 0. The van der Waals surface area contributed by atoms with E-state index in [0.717, 1.165) is 0 Å². The van der Waals surface area contributed by atoms with Crippen LogP contribution in [0.3, 0.4) is 0 Å². The molecule has 0 unspecified atom stereocenters. The molecule has 2 aromatic rings. The maximum Gasteiger partial charge on any atom is 0.195 e. The Kier molecular flexibility index (Phi) is 3.75. The Labute approximate surface area is 119 Å². The Morgan fingerprint density at radius 3 is 2.53 bits per heavy atom. The van der Waals surface area contributed by atoms with Crippen LogP contribution in [0.1, 0.15) is 15.9 Å². The normalized spacial score (nSPS) is 9.95. The van der Waals surface area contributed by atoms with E-state index in [0.29, 0.717) is 10.0 Å². The Morgan fingerprint density at radius 1 is 1.11 bits per heavy atom. The number of ketones is 1. The lowest BCUT2D eigenvalue weighted by atomic mass is 10.0. The SMILES string of the molecule is [C-]#[N+]c1cc(Cl)cc(C(=O)c2cc(Cl)ccc2O)c1. The predicted octanol–water partition coefficient (Wildman–Crippen LogP) is 4.48. The molecule has 0 amide bonds. The number of hydrogen-bond donors (Lipinski definition) is 1. The first-order chi connectivity index (χ1) is 9.01. The van der Waals surface area contributed by atoms with Gasteiger partial charge in [-0.25, -0.2) is 4.85 Å². The molecule has 2 aromatic carbocycles. The van der Waals surface area contributed by atoms with Crippen LogP contribution in [0.2, 0.25) is 10.0 Å². The minimum Gasteiger partial charge on any atom is -0.507 e. The van der Waals surface area contributed by atoms with Crippen LogP contribution in [0.25, 0.3) is 4.85 Å². The molecular formula is C14H7Cl2NO2. The van der Waals surface area contributed by atoms with Crippen LogP contribution in [0.4, 0.5) is 5.69 Å². The lowest BCUT2D eigenvalue weighted by molar-refractivity contribution is 0.103. The second-order valence-corrected chi connectivity index (χ2v) is 4.67. The molecule has 5 heteroatoms. The van der Waals surface area contributed by atoms with Crippen molar-refractivity contribution >= 4 is 34.7 Å². The number of halogens is 2. The molecule has 0 saturated heterocycles.